The summed E-state index contributed by atoms with van der Waals surface area (Å²) in [5, 5.41) is 4.11. The largest absolute Gasteiger partial charge is 0.361 e. The van der Waals surface area contributed by atoms with E-state index in [9.17, 15) is 4.79 Å². The van der Waals surface area contributed by atoms with E-state index in [0.29, 0.717) is 5.82 Å². The fourth-order valence-electron chi connectivity index (χ4n) is 1.91. The molecule has 0 fully saturated rings. The first-order valence-corrected chi connectivity index (χ1v) is 5.60. The van der Waals surface area contributed by atoms with E-state index < -0.39 is 0 Å². The summed E-state index contributed by atoms with van der Waals surface area (Å²) in [6, 6.07) is 7.79. The van der Waals surface area contributed by atoms with Crippen molar-refractivity contribution in [3.05, 3.63) is 53.2 Å². The number of aryl methyl sites for hydroxylation is 1. The van der Waals surface area contributed by atoms with E-state index in [-0.39, 0.29) is 5.56 Å². The molecule has 2 N–H and O–H groups in total. The van der Waals surface area contributed by atoms with Gasteiger partial charge < -0.3 is 14.9 Å². The SMILES string of the molecule is Cn1ccnc(Nc2cccc3[nH]ccc23)c1=O. The van der Waals surface area contributed by atoms with Crippen LogP contribution >= 0.6 is 0 Å². The summed E-state index contributed by atoms with van der Waals surface area (Å²) in [5.41, 5.74) is 1.74. The monoisotopic (exact) mass is 240 g/mol. The molecule has 1 aromatic carbocycles. The highest BCUT2D eigenvalue weighted by molar-refractivity contribution is 5.93. The average Bonchev–Trinajstić information content (AvgIpc) is 2.84. The molecule has 0 bridgehead atoms. The normalized spacial score (nSPS) is 10.7. The molecule has 0 saturated carbocycles. The van der Waals surface area contributed by atoms with Crippen molar-refractivity contribution in [2.24, 2.45) is 7.05 Å². The van der Waals surface area contributed by atoms with Crippen LogP contribution in [0.1, 0.15) is 0 Å². The van der Waals surface area contributed by atoms with Gasteiger partial charge in [0.15, 0.2) is 5.82 Å². The fourth-order valence-corrected chi connectivity index (χ4v) is 1.91. The molecule has 2 heterocycles. The summed E-state index contributed by atoms with van der Waals surface area (Å²) in [6.07, 6.45) is 5.09. The lowest BCUT2D eigenvalue weighted by Gasteiger charge is -2.07. The van der Waals surface area contributed by atoms with Crippen molar-refractivity contribution in [1.29, 1.82) is 0 Å². The molecular weight excluding hydrogens is 228 g/mol. The number of benzene rings is 1. The van der Waals surface area contributed by atoms with Gasteiger partial charge in [-0.1, -0.05) is 6.07 Å². The third-order valence-electron chi connectivity index (χ3n) is 2.86. The van der Waals surface area contributed by atoms with Crippen LogP contribution in [-0.2, 0) is 7.05 Å². The van der Waals surface area contributed by atoms with E-state index in [1.54, 1.807) is 19.4 Å². The van der Waals surface area contributed by atoms with Gasteiger partial charge in [0, 0.05) is 42.2 Å². The number of hydrogen-bond acceptors (Lipinski definition) is 3. The highest BCUT2D eigenvalue weighted by Gasteiger charge is 2.06. The summed E-state index contributed by atoms with van der Waals surface area (Å²) >= 11 is 0. The smallest absolute Gasteiger partial charge is 0.293 e. The van der Waals surface area contributed by atoms with Crippen LogP contribution in [-0.4, -0.2) is 14.5 Å². The van der Waals surface area contributed by atoms with Gasteiger partial charge in [-0.2, -0.15) is 0 Å². The lowest BCUT2D eigenvalue weighted by molar-refractivity contribution is 0.845. The van der Waals surface area contributed by atoms with Gasteiger partial charge in [0.25, 0.3) is 5.56 Å². The maximum Gasteiger partial charge on any atom is 0.293 e. The van der Waals surface area contributed by atoms with Crippen molar-refractivity contribution in [2.75, 3.05) is 5.32 Å². The molecule has 5 nitrogen and oxygen atoms in total. The molecule has 3 rings (SSSR count). The first-order chi connectivity index (χ1) is 8.75. The number of anilines is 2. The zero-order valence-corrected chi connectivity index (χ0v) is 9.84. The molecule has 0 spiro atoms. The van der Waals surface area contributed by atoms with Crippen LogP contribution < -0.4 is 10.9 Å². The predicted molar refractivity (Wildman–Crippen MR) is 71.1 cm³/mol. The Morgan fingerprint density at radius 1 is 1.33 bits per heavy atom. The summed E-state index contributed by atoms with van der Waals surface area (Å²) in [4.78, 5) is 19.1. The third-order valence-corrected chi connectivity index (χ3v) is 2.86. The Kier molecular flexibility index (Phi) is 2.37. The predicted octanol–water partition coefficient (Wildman–Crippen LogP) is 2.01. The van der Waals surface area contributed by atoms with Crippen molar-refractivity contribution in [1.82, 2.24) is 14.5 Å². The third kappa shape index (κ3) is 1.66. The van der Waals surface area contributed by atoms with Crippen molar-refractivity contribution in [2.45, 2.75) is 0 Å². The Labute approximate surface area is 103 Å². The van der Waals surface area contributed by atoms with E-state index in [1.807, 2.05) is 30.5 Å². The number of aromatic nitrogens is 3. The minimum absolute atomic E-state index is 0.148. The number of fused-ring (bicyclic) bond motifs is 1. The zero-order valence-electron chi connectivity index (χ0n) is 9.84. The van der Waals surface area contributed by atoms with Gasteiger partial charge in [0.1, 0.15) is 0 Å². The molecule has 90 valence electrons. The highest BCUT2D eigenvalue weighted by atomic mass is 16.1. The molecular formula is C13H12N4O. The van der Waals surface area contributed by atoms with Crippen LogP contribution in [0.5, 0.6) is 0 Å². The van der Waals surface area contributed by atoms with Crippen LogP contribution in [0.3, 0.4) is 0 Å². The van der Waals surface area contributed by atoms with Gasteiger partial charge >= 0.3 is 0 Å². The Balaban J connectivity index is 2.09. The van der Waals surface area contributed by atoms with E-state index in [1.165, 1.54) is 4.57 Å². The first-order valence-electron chi connectivity index (χ1n) is 5.60. The molecule has 0 aliphatic rings. The minimum atomic E-state index is -0.148. The van der Waals surface area contributed by atoms with E-state index in [0.717, 1.165) is 16.6 Å². The van der Waals surface area contributed by atoms with E-state index >= 15 is 0 Å². The Hall–Kier alpha value is -2.56. The molecule has 3 aromatic rings. The second kappa shape index (κ2) is 4.03. The van der Waals surface area contributed by atoms with Gasteiger partial charge in [0.05, 0.1) is 0 Å². The second-order valence-corrected chi connectivity index (χ2v) is 4.06. The summed E-state index contributed by atoms with van der Waals surface area (Å²) < 4.78 is 1.49. The zero-order chi connectivity index (χ0) is 12.5. The van der Waals surface area contributed by atoms with Crippen molar-refractivity contribution >= 4 is 22.4 Å². The number of aromatic amines is 1. The van der Waals surface area contributed by atoms with Gasteiger partial charge in [-0.25, -0.2) is 4.98 Å². The molecule has 0 atom stereocenters. The number of nitrogens with one attached hydrogen (secondary N) is 2. The summed E-state index contributed by atoms with van der Waals surface area (Å²) in [7, 11) is 1.70. The highest BCUT2D eigenvalue weighted by Crippen LogP contribution is 2.23. The molecule has 2 aromatic heterocycles. The van der Waals surface area contributed by atoms with Gasteiger partial charge in [-0.3, -0.25) is 4.79 Å². The minimum Gasteiger partial charge on any atom is -0.361 e. The van der Waals surface area contributed by atoms with Gasteiger partial charge in [0.2, 0.25) is 0 Å². The summed E-state index contributed by atoms with van der Waals surface area (Å²) in [6.45, 7) is 0. The van der Waals surface area contributed by atoms with Crippen LogP contribution in [0.15, 0.2) is 47.7 Å². The number of H-pyrrole nitrogens is 1. The van der Waals surface area contributed by atoms with Crippen LogP contribution in [0, 0.1) is 0 Å². The average molecular weight is 240 g/mol. The lowest BCUT2D eigenvalue weighted by Crippen LogP contribution is -2.20. The van der Waals surface area contributed by atoms with E-state index in [4.69, 9.17) is 0 Å². The van der Waals surface area contributed by atoms with Crippen molar-refractivity contribution in [3.8, 4) is 0 Å². The lowest BCUT2D eigenvalue weighted by atomic mass is 10.2. The first kappa shape index (κ1) is 10.6. The molecule has 5 heteroatoms. The quantitative estimate of drug-likeness (QED) is 0.720. The molecule has 0 unspecified atom stereocenters. The molecule has 0 aliphatic carbocycles. The number of nitrogens with zero attached hydrogens (tertiary/aromatic N) is 2. The van der Waals surface area contributed by atoms with Crippen LogP contribution in [0.2, 0.25) is 0 Å². The van der Waals surface area contributed by atoms with Gasteiger partial charge in [-0.15, -0.1) is 0 Å². The van der Waals surface area contributed by atoms with E-state index in [2.05, 4.69) is 15.3 Å². The Bertz CT molecular complexity index is 757. The maximum absolute atomic E-state index is 11.9. The van der Waals surface area contributed by atoms with Crippen LogP contribution in [0.4, 0.5) is 11.5 Å². The fraction of sp³-hybridized carbons (Fsp3) is 0.0769. The topological polar surface area (TPSA) is 62.7 Å². The van der Waals surface area contributed by atoms with Crippen LogP contribution in [0.25, 0.3) is 10.9 Å². The standard InChI is InChI=1S/C13H12N4O/c1-17-8-7-15-12(13(17)18)16-11-4-2-3-10-9(11)5-6-14-10/h2-8,14H,1H3,(H,15,16). The maximum atomic E-state index is 11.9. The molecule has 0 radical (unpaired) electrons. The molecule has 0 aliphatic heterocycles. The molecule has 0 saturated heterocycles. The number of rotatable bonds is 2. The summed E-state index contributed by atoms with van der Waals surface area (Å²) in [5.74, 6) is 0.327. The Morgan fingerprint density at radius 3 is 3.11 bits per heavy atom. The van der Waals surface area contributed by atoms with Crippen molar-refractivity contribution < 1.29 is 0 Å². The number of hydrogen-bond donors (Lipinski definition) is 2. The van der Waals surface area contributed by atoms with Crippen molar-refractivity contribution in [3.63, 3.8) is 0 Å². The Morgan fingerprint density at radius 2 is 2.22 bits per heavy atom. The second-order valence-electron chi connectivity index (χ2n) is 4.06. The molecule has 0 amide bonds. The van der Waals surface area contributed by atoms with Gasteiger partial charge in [-0.05, 0) is 18.2 Å². The molecule has 18 heavy (non-hydrogen) atoms.